The molecule has 5 heterocycles. The summed E-state index contributed by atoms with van der Waals surface area (Å²) in [6.07, 6.45) is -9.60. The summed E-state index contributed by atoms with van der Waals surface area (Å²) in [4.78, 5) is 73.9. The molecule has 26 nitrogen and oxygen atoms in total. The Morgan fingerprint density at radius 1 is 0.962 bits per heavy atom. The van der Waals surface area contributed by atoms with Gasteiger partial charge < -0.3 is 60.5 Å². The third-order valence-electron chi connectivity index (χ3n) is 7.33. The minimum atomic E-state index is -5.59. The monoisotopic (exact) mass is 802 g/mol. The van der Waals surface area contributed by atoms with Crippen LogP contribution in [-0.2, 0) is 45.8 Å². The van der Waals surface area contributed by atoms with Gasteiger partial charge in [0.1, 0.15) is 53.6 Å². The number of carbonyl (C=O) groups excluding carboxylic acids is 1. The number of ether oxygens (including phenoxy) is 2. The maximum absolute atomic E-state index is 12.6. The molecule has 0 radical (unpaired) electrons. The van der Waals surface area contributed by atoms with Crippen LogP contribution in [0.25, 0.3) is 11.2 Å². The number of aromatic nitrogens is 5. The summed E-state index contributed by atoms with van der Waals surface area (Å²) in [5, 5.41) is 43.6. The summed E-state index contributed by atoms with van der Waals surface area (Å²) < 4.78 is 68.4. The third-order valence-corrected chi connectivity index (χ3v) is 10.4. The number of aliphatic hydroxyl groups is 3. The van der Waals surface area contributed by atoms with Gasteiger partial charge >= 0.3 is 29.4 Å². The Labute approximate surface area is 289 Å². The smallest absolute Gasteiger partial charge is 0.477 e. The molecule has 0 bridgehead atoms. The molecule has 2 aliphatic heterocycles. The normalized spacial score (nSPS) is 28.8. The Bertz CT molecular complexity index is 1980. The fourth-order valence-corrected chi connectivity index (χ4v) is 7.81. The lowest BCUT2D eigenvalue weighted by Gasteiger charge is -2.22. The number of nitrogens with one attached hydrogen (secondary N) is 1. The lowest BCUT2D eigenvalue weighted by Crippen LogP contribution is -2.46. The van der Waals surface area contributed by atoms with Crippen LogP contribution in [0, 0.1) is 0 Å². The summed E-state index contributed by atoms with van der Waals surface area (Å²) in [5.41, 5.74) is 5.42. The van der Waals surface area contributed by atoms with Gasteiger partial charge in [0, 0.05) is 6.92 Å². The van der Waals surface area contributed by atoms with Crippen molar-refractivity contribution < 1.29 is 95.2 Å². The molecule has 0 saturated carbocycles. The highest BCUT2D eigenvalue weighted by molar-refractivity contribution is 7.61. The van der Waals surface area contributed by atoms with Crippen LogP contribution >= 0.6 is 23.5 Å². The van der Waals surface area contributed by atoms with E-state index < -0.39 is 97.6 Å². The van der Waals surface area contributed by atoms with E-state index in [0.717, 1.165) is 41.0 Å². The molecular weight excluding hydrogens is 771 g/mol. The predicted molar refractivity (Wildman–Crippen MR) is 163 cm³/mol. The number of aliphatic hydroxyl groups excluding tert-OH is 3. The van der Waals surface area contributed by atoms with Crippen LogP contribution in [0.5, 0.6) is 0 Å². The molecule has 2 fully saturated rings. The molecule has 2 saturated heterocycles. The van der Waals surface area contributed by atoms with Gasteiger partial charge in [-0.05, 0) is 6.07 Å². The molecule has 3 aromatic heterocycles. The first kappa shape index (κ1) is 39.8. The van der Waals surface area contributed by atoms with Gasteiger partial charge in [-0.15, -0.1) is 0 Å². The van der Waals surface area contributed by atoms with Gasteiger partial charge in [-0.2, -0.15) is 8.88 Å². The van der Waals surface area contributed by atoms with E-state index in [0.29, 0.717) is 0 Å². The first-order valence-corrected chi connectivity index (χ1v) is 18.9. The van der Waals surface area contributed by atoms with Gasteiger partial charge in [0.15, 0.2) is 36.2 Å². The molecule has 3 aromatic rings. The van der Waals surface area contributed by atoms with Crippen molar-refractivity contribution >= 4 is 58.0 Å². The minimum Gasteiger partial charge on any atom is -0.477 e. The number of nitrogens with two attached hydrogens (primary N) is 1. The van der Waals surface area contributed by atoms with Crippen molar-refractivity contribution in [2.75, 3.05) is 24.3 Å². The Hall–Kier alpha value is -3.39. The average molecular weight is 802 g/mol. The predicted octanol–water partition coefficient (Wildman–Crippen LogP) is -2.34. The van der Waals surface area contributed by atoms with Crippen LogP contribution in [-0.4, -0.2) is 121 Å². The number of phosphoric ester groups is 3. The minimum absolute atomic E-state index is 0.0163. The van der Waals surface area contributed by atoms with Crippen LogP contribution in [0.15, 0.2) is 31.1 Å². The molecule has 1 amide bonds. The molecule has 2 aliphatic rings. The number of amides is 1. The molecule has 0 aromatic carbocycles. The van der Waals surface area contributed by atoms with Crippen LogP contribution in [0.3, 0.4) is 0 Å². The Kier molecular flexibility index (Phi) is 11.6. The van der Waals surface area contributed by atoms with Gasteiger partial charge in [0.25, 0.3) is 6.23 Å². The van der Waals surface area contributed by atoms with E-state index in [-0.39, 0.29) is 28.2 Å². The van der Waals surface area contributed by atoms with Crippen molar-refractivity contribution in [3.63, 3.8) is 0 Å². The number of fused-ring (bicyclic) bond motifs is 1. The van der Waals surface area contributed by atoms with Crippen molar-refractivity contribution in [2.24, 2.45) is 0 Å². The van der Waals surface area contributed by atoms with Gasteiger partial charge in [-0.3, -0.25) is 22.9 Å². The van der Waals surface area contributed by atoms with Crippen molar-refractivity contribution in [3.8, 4) is 0 Å². The zero-order valence-corrected chi connectivity index (χ0v) is 28.8. The second-order valence-corrected chi connectivity index (χ2v) is 15.3. The molecule has 52 heavy (non-hydrogen) atoms. The quantitative estimate of drug-likeness (QED) is 0.0603. The molecule has 10 atom stereocenters. The summed E-state index contributed by atoms with van der Waals surface area (Å²) in [6, 6.07) is 1.10. The zero-order valence-electron chi connectivity index (χ0n) is 26.1. The second-order valence-electron chi connectivity index (χ2n) is 11.1. The highest BCUT2D eigenvalue weighted by Gasteiger charge is 2.52. The van der Waals surface area contributed by atoms with Gasteiger partial charge in [0.05, 0.1) is 19.5 Å². The second kappa shape index (κ2) is 15.2. The van der Waals surface area contributed by atoms with E-state index in [1.807, 2.05) is 0 Å². The number of hydrogen-bond donors (Lipinski definition) is 10. The van der Waals surface area contributed by atoms with E-state index in [1.54, 1.807) is 0 Å². The van der Waals surface area contributed by atoms with Crippen LogP contribution < -0.4 is 15.6 Å². The highest BCUT2D eigenvalue weighted by Crippen LogP contribution is 2.61. The number of phosphoric acid groups is 3. The number of aromatic carboxylic acids is 1. The number of carbonyl (C=O) groups is 2. The average Bonchev–Trinajstić information content (AvgIpc) is 3.68. The van der Waals surface area contributed by atoms with E-state index >= 15 is 0 Å². The SMILES string of the molecule is CC(=O)Nc1cc(C(=O)O)c[n+]([C@@H]2O[C@H](COP(=O)(O)OP(=O)(O)OC[C@H]3O[C@@H](n4cnc5c(N)ncnc54)[C@H](OP(=O)(O)O)[C@@H]3O)[C@@H](O)[C@H]2O)c1. The summed E-state index contributed by atoms with van der Waals surface area (Å²) in [6.45, 7) is -1.01. The van der Waals surface area contributed by atoms with Crippen LogP contribution in [0.2, 0.25) is 0 Å². The molecule has 0 spiro atoms. The van der Waals surface area contributed by atoms with Crippen molar-refractivity contribution in [1.29, 1.82) is 0 Å². The van der Waals surface area contributed by atoms with Gasteiger partial charge in [0.2, 0.25) is 5.91 Å². The first-order valence-electron chi connectivity index (χ1n) is 14.4. The molecule has 286 valence electrons. The first-order chi connectivity index (χ1) is 24.1. The number of nitrogen functional groups attached to an aromatic ring is 1. The van der Waals surface area contributed by atoms with E-state index in [4.69, 9.17) is 24.3 Å². The number of nitrogens with zero attached hydrogens (tertiary/aromatic N) is 5. The van der Waals surface area contributed by atoms with E-state index in [2.05, 4.69) is 29.1 Å². The topological polar surface area (TPSA) is 388 Å². The fraction of sp³-hybridized carbons (Fsp3) is 0.478. The number of pyridine rings is 1. The zero-order chi connectivity index (χ0) is 38.3. The number of hydrogen-bond acceptors (Lipinski definition) is 18. The molecule has 5 rings (SSSR count). The lowest BCUT2D eigenvalue weighted by atomic mass is 10.1. The Balaban J connectivity index is 1.22. The number of rotatable bonds is 14. The Morgan fingerprint density at radius 3 is 2.19 bits per heavy atom. The molecule has 11 N–H and O–H groups in total. The number of carboxylic acids is 1. The Morgan fingerprint density at radius 2 is 1.60 bits per heavy atom. The third kappa shape index (κ3) is 9.21. The number of imidazole rings is 1. The standard InChI is InChI=1S/C23H30N7O19P3/c1-9(31)28-11-2-10(23(35)36)3-29(4-11)21-17(34)15(32)12(46-21)5-44-51(40,41)49-52(42,43)45-6-13-16(33)18(48-50(37,38)39)22(47-13)30-8-27-14-19(24)25-7-26-20(14)30/h2-4,7-8,12-13,15-18,21-22,32-34H,5-6H2,1H3,(H7-,24,25,26,28,31,35,36,37,38,39,40,41,42,43)/p+1/t12-,13-,15-,16-,17-,18-,21-,22-/m1/s1. The maximum Gasteiger partial charge on any atom is 0.481 e. The van der Waals surface area contributed by atoms with Crippen LogP contribution in [0.4, 0.5) is 11.5 Å². The van der Waals surface area contributed by atoms with Crippen molar-refractivity contribution in [3.05, 3.63) is 36.7 Å². The summed E-state index contributed by atoms with van der Waals surface area (Å²) in [7, 11) is -16.4. The van der Waals surface area contributed by atoms with Gasteiger partial charge in [-0.1, -0.05) is 0 Å². The highest BCUT2D eigenvalue weighted by atomic mass is 31.3. The fourth-order valence-electron chi connectivity index (χ4n) is 5.17. The summed E-state index contributed by atoms with van der Waals surface area (Å²) in [5.74, 6) is -2.05. The molecule has 2 unspecified atom stereocenters. The molecular formula is C23H31N7O19P3+. The lowest BCUT2D eigenvalue weighted by molar-refractivity contribution is -0.765. The number of carboxylic acid groups (broad SMARTS) is 1. The van der Waals surface area contributed by atoms with Crippen molar-refractivity contribution in [2.45, 2.75) is 56.0 Å². The largest absolute Gasteiger partial charge is 0.481 e. The van der Waals surface area contributed by atoms with Gasteiger partial charge in [-0.25, -0.2) is 33.4 Å². The molecule has 29 heteroatoms. The van der Waals surface area contributed by atoms with Crippen LogP contribution in [0.1, 0.15) is 29.7 Å². The number of anilines is 2. The molecule has 0 aliphatic carbocycles. The van der Waals surface area contributed by atoms with E-state index in [9.17, 15) is 63.3 Å². The van der Waals surface area contributed by atoms with E-state index in [1.165, 1.54) is 6.20 Å². The van der Waals surface area contributed by atoms with Crippen molar-refractivity contribution in [1.82, 2.24) is 19.5 Å². The summed E-state index contributed by atoms with van der Waals surface area (Å²) >= 11 is 0. The maximum atomic E-state index is 12.6.